The van der Waals surface area contributed by atoms with Crippen LogP contribution in [0.25, 0.3) is 11.3 Å². The molecule has 1 amide bonds. The lowest BCUT2D eigenvalue weighted by Crippen LogP contribution is -2.29. The lowest BCUT2D eigenvalue weighted by molar-refractivity contribution is 0.0730. The third-order valence-electron chi connectivity index (χ3n) is 6.19. The topological polar surface area (TPSA) is 58.2 Å². The summed E-state index contributed by atoms with van der Waals surface area (Å²) in [4.78, 5) is 15.5. The smallest absolute Gasteiger partial charge is 0.273 e. The molecule has 1 aliphatic heterocycles. The van der Waals surface area contributed by atoms with Crippen molar-refractivity contribution in [2.45, 2.75) is 32.4 Å². The lowest BCUT2D eigenvalue weighted by Gasteiger charge is -2.27. The Bertz CT molecular complexity index is 1330. The number of benzene rings is 3. The fourth-order valence-electron chi connectivity index (χ4n) is 4.43. The molecule has 5 nitrogen and oxygen atoms in total. The van der Waals surface area contributed by atoms with E-state index in [0.29, 0.717) is 28.9 Å². The van der Waals surface area contributed by atoms with Crippen molar-refractivity contribution in [3.05, 3.63) is 105 Å². The van der Waals surface area contributed by atoms with Gasteiger partial charge in [0.15, 0.2) is 0 Å². The fraction of sp³-hybridized carbons (Fsp3) is 0.214. The molecule has 1 aliphatic rings. The van der Waals surface area contributed by atoms with Gasteiger partial charge in [-0.15, -0.1) is 0 Å². The summed E-state index contributed by atoms with van der Waals surface area (Å²) in [5, 5.41) is 8.85. The van der Waals surface area contributed by atoms with E-state index in [1.807, 2.05) is 77.7 Å². The zero-order chi connectivity index (χ0) is 24.4. The van der Waals surface area contributed by atoms with Gasteiger partial charge in [0.2, 0.25) is 0 Å². The molecule has 0 aliphatic carbocycles. The van der Waals surface area contributed by atoms with Gasteiger partial charge in [-0.25, -0.2) is 0 Å². The average molecular weight is 506 g/mol. The van der Waals surface area contributed by atoms with Gasteiger partial charge >= 0.3 is 0 Å². The molecule has 35 heavy (non-hydrogen) atoms. The van der Waals surface area contributed by atoms with Crippen molar-refractivity contribution in [3.63, 3.8) is 0 Å². The largest absolute Gasteiger partial charge is 0.494 e. The second-order valence-corrected chi connectivity index (χ2v) is 9.48. The van der Waals surface area contributed by atoms with Gasteiger partial charge in [0.25, 0.3) is 5.91 Å². The van der Waals surface area contributed by atoms with E-state index in [9.17, 15) is 4.79 Å². The summed E-state index contributed by atoms with van der Waals surface area (Å²) < 4.78 is 5.98. The van der Waals surface area contributed by atoms with Crippen LogP contribution in [-0.2, 0) is 6.54 Å². The Hall–Kier alpha value is -3.28. The highest BCUT2D eigenvalue weighted by molar-refractivity contribution is 6.30. The molecule has 0 spiro atoms. The number of carbonyl (C=O) groups excluding carboxylic acids is 1. The molecule has 0 bridgehead atoms. The molecule has 7 heteroatoms. The first-order valence-electron chi connectivity index (χ1n) is 11.7. The minimum absolute atomic E-state index is 0.0926. The summed E-state index contributed by atoms with van der Waals surface area (Å²) in [7, 11) is 0. The maximum atomic E-state index is 13.6. The summed E-state index contributed by atoms with van der Waals surface area (Å²) in [6.45, 7) is 3.23. The van der Waals surface area contributed by atoms with E-state index in [1.54, 1.807) is 0 Å². The quantitative estimate of drug-likeness (QED) is 0.255. The van der Waals surface area contributed by atoms with Gasteiger partial charge in [-0.05, 0) is 53.9 Å². The number of unbranched alkanes of at least 4 members (excludes halogenated alkanes) is 1. The van der Waals surface area contributed by atoms with E-state index < -0.39 is 0 Å². The number of aromatic amines is 1. The first kappa shape index (κ1) is 23.5. The highest BCUT2D eigenvalue weighted by Gasteiger charge is 2.42. The number of ether oxygens (including phenoxy) is 1. The molecular formula is C28H25Cl2N3O2. The molecule has 1 atom stereocenters. The summed E-state index contributed by atoms with van der Waals surface area (Å²) in [5.74, 6) is 0.699. The molecule has 0 saturated carbocycles. The van der Waals surface area contributed by atoms with Crippen LogP contribution in [0.1, 0.15) is 53.0 Å². The fourth-order valence-corrected chi connectivity index (χ4v) is 4.68. The monoisotopic (exact) mass is 505 g/mol. The predicted octanol–water partition coefficient (Wildman–Crippen LogP) is 7.31. The number of rotatable bonds is 8. The van der Waals surface area contributed by atoms with Crippen LogP contribution < -0.4 is 4.74 Å². The molecule has 0 radical (unpaired) electrons. The van der Waals surface area contributed by atoms with Crippen LogP contribution in [0.5, 0.6) is 5.75 Å². The second kappa shape index (κ2) is 10.1. The Morgan fingerprint density at radius 3 is 2.43 bits per heavy atom. The number of aromatic nitrogens is 2. The van der Waals surface area contributed by atoms with Gasteiger partial charge in [0, 0.05) is 27.7 Å². The van der Waals surface area contributed by atoms with Gasteiger partial charge in [0.1, 0.15) is 11.4 Å². The van der Waals surface area contributed by atoms with Crippen LogP contribution in [0.15, 0.2) is 72.8 Å². The maximum absolute atomic E-state index is 13.6. The van der Waals surface area contributed by atoms with Crippen LogP contribution in [0.3, 0.4) is 0 Å². The molecular weight excluding hydrogens is 481 g/mol. The van der Waals surface area contributed by atoms with E-state index in [1.165, 1.54) is 0 Å². The van der Waals surface area contributed by atoms with Crippen LogP contribution in [0, 0.1) is 0 Å². The highest BCUT2D eigenvalue weighted by atomic mass is 35.5. The third kappa shape index (κ3) is 4.79. The first-order chi connectivity index (χ1) is 17.0. The molecule has 0 fully saturated rings. The Morgan fingerprint density at radius 2 is 1.71 bits per heavy atom. The summed E-state index contributed by atoms with van der Waals surface area (Å²) >= 11 is 12.2. The minimum Gasteiger partial charge on any atom is -0.494 e. The molecule has 5 rings (SSSR count). The number of nitrogens with one attached hydrogen (secondary N) is 1. The summed E-state index contributed by atoms with van der Waals surface area (Å²) in [6.07, 6.45) is 2.05. The van der Waals surface area contributed by atoms with Gasteiger partial charge < -0.3 is 9.64 Å². The van der Waals surface area contributed by atoms with Crippen LogP contribution in [0.2, 0.25) is 10.0 Å². The highest BCUT2D eigenvalue weighted by Crippen LogP contribution is 2.44. The molecule has 3 aromatic carbocycles. The Morgan fingerprint density at radius 1 is 1.00 bits per heavy atom. The first-order valence-corrected chi connectivity index (χ1v) is 12.4. The van der Waals surface area contributed by atoms with Crippen molar-refractivity contribution in [3.8, 4) is 17.0 Å². The van der Waals surface area contributed by atoms with Crippen LogP contribution in [-0.4, -0.2) is 27.6 Å². The summed E-state index contributed by atoms with van der Waals surface area (Å²) in [6, 6.07) is 22.7. The van der Waals surface area contributed by atoms with Gasteiger partial charge in [-0.2, -0.15) is 5.10 Å². The maximum Gasteiger partial charge on any atom is 0.273 e. The third-order valence-corrected chi connectivity index (χ3v) is 6.69. The molecule has 0 saturated heterocycles. The van der Waals surface area contributed by atoms with E-state index in [2.05, 4.69) is 17.1 Å². The number of carbonyl (C=O) groups is 1. The van der Waals surface area contributed by atoms with Crippen LogP contribution >= 0.6 is 23.2 Å². The van der Waals surface area contributed by atoms with E-state index in [-0.39, 0.29) is 11.9 Å². The number of nitrogens with zero attached hydrogens (tertiary/aromatic N) is 2. The predicted molar refractivity (Wildman–Crippen MR) is 139 cm³/mol. The van der Waals surface area contributed by atoms with Crippen molar-refractivity contribution >= 4 is 29.1 Å². The van der Waals surface area contributed by atoms with Crippen molar-refractivity contribution in [2.24, 2.45) is 0 Å². The van der Waals surface area contributed by atoms with Gasteiger partial charge in [0.05, 0.1) is 18.3 Å². The zero-order valence-electron chi connectivity index (χ0n) is 19.3. The van der Waals surface area contributed by atoms with Crippen molar-refractivity contribution in [2.75, 3.05) is 6.61 Å². The Kier molecular flexibility index (Phi) is 6.80. The molecule has 1 N–H and O–H groups in total. The van der Waals surface area contributed by atoms with Gasteiger partial charge in [-0.3, -0.25) is 9.89 Å². The number of hydrogen-bond donors (Lipinski definition) is 1. The number of H-pyrrole nitrogens is 1. The minimum atomic E-state index is -0.327. The standard InChI is InChI=1S/C28H25Cl2N3O2/c1-2-3-15-35-23-6-4-5-20(16-23)27-24-25(19-9-13-22(30)14-10-19)31-32-26(24)28(34)33(27)17-18-7-11-21(29)12-8-18/h4-14,16,27H,2-3,15,17H2,1H3,(H,31,32). The summed E-state index contributed by atoms with van der Waals surface area (Å²) in [5.41, 5.74) is 4.97. The van der Waals surface area contributed by atoms with E-state index in [4.69, 9.17) is 27.9 Å². The second-order valence-electron chi connectivity index (χ2n) is 8.60. The Labute approximate surface area is 214 Å². The number of halogens is 2. The number of fused-ring (bicyclic) bond motifs is 1. The Balaban J connectivity index is 1.58. The van der Waals surface area contributed by atoms with E-state index in [0.717, 1.165) is 46.5 Å². The van der Waals surface area contributed by atoms with Crippen molar-refractivity contribution < 1.29 is 9.53 Å². The normalized spacial score (nSPS) is 14.9. The lowest BCUT2D eigenvalue weighted by atomic mass is 9.95. The average Bonchev–Trinajstić information content (AvgIpc) is 3.40. The molecule has 178 valence electrons. The van der Waals surface area contributed by atoms with Gasteiger partial charge in [-0.1, -0.05) is 72.9 Å². The number of hydrogen-bond acceptors (Lipinski definition) is 3. The number of amides is 1. The van der Waals surface area contributed by atoms with Crippen LogP contribution in [0.4, 0.5) is 0 Å². The SMILES string of the molecule is CCCCOc1cccc(C2c3c(-c4ccc(Cl)cc4)n[nH]c3C(=O)N2Cc2ccc(Cl)cc2)c1. The van der Waals surface area contributed by atoms with Crippen molar-refractivity contribution in [1.82, 2.24) is 15.1 Å². The zero-order valence-corrected chi connectivity index (χ0v) is 20.8. The molecule has 1 unspecified atom stereocenters. The molecule has 4 aromatic rings. The van der Waals surface area contributed by atoms with Crippen molar-refractivity contribution in [1.29, 1.82) is 0 Å². The van der Waals surface area contributed by atoms with E-state index >= 15 is 0 Å². The molecule has 2 heterocycles. The molecule has 1 aromatic heterocycles.